The molecule has 4 nitrogen and oxygen atoms in total. The average molecular weight is 389 g/mol. The maximum Gasteiger partial charge on any atom is 0.307 e. The lowest BCUT2D eigenvalue weighted by Crippen LogP contribution is -2.39. The van der Waals surface area contributed by atoms with E-state index in [1.165, 1.54) is 7.11 Å². The molecule has 0 aliphatic carbocycles. The third-order valence-corrected chi connectivity index (χ3v) is 3.98. The van der Waals surface area contributed by atoms with E-state index in [2.05, 4.69) is 27.3 Å². The molecule has 0 aliphatic rings. The topological polar surface area (TPSA) is 46.6 Å². The molecule has 0 saturated heterocycles. The third kappa shape index (κ3) is 4.77. The molecule has 0 bridgehead atoms. The van der Waals surface area contributed by atoms with Crippen molar-refractivity contribution in [3.05, 3.63) is 33.4 Å². The predicted molar refractivity (Wildman–Crippen MR) is 86.6 cm³/mol. The fourth-order valence-electron chi connectivity index (χ4n) is 1.81. The van der Waals surface area contributed by atoms with Crippen molar-refractivity contribution in [2.75, 3.05) is 13.7 Å². The van der Waals surface area contributed by atoms with Crippen LogP contribution in [0.25, 0.3) is 0 Å². The number of hydrogen-bond acceptors (Lipinski definition) is 3. The first-order valence-corrected chi connectivity index (χ1v) is 7.70. The van der Waals surface area contributed by atoms with E-state index in [0.29, 0.717) is 12.1 Å². The number of amides is 1. The summed E-state index contributed by atoms with van der Waals surface area (Å²) in [5.41, 5.74) is 0.649. The zero-order valence-electron chi connectivity index (χ0n) is 12.1. The van der Waals surface area contributed by atoms with Crippen LogP contribution in [-0.2, 0) is 9.53 Å². The Morgan fingerprint density at radius 2 is 1.90 bits per heavy atom. The number of ether oxygens (including phenoxy) is 1. The summed E-state index contributed by atoms with van der Waals surface area (Å²) in [5.74, 6) is -0.339. The van der Waals surface area contributed by atoms with Crippen molar-refractivity contribution in [3.8, 4) is 0 Å². The molecule has 1 aromatic rings. The Balaban J connectivity index is 2.84. The van der Waals surface area contributed by atoms with Crippen LogP contribution in [0.1, 0.15) is 37.0 Å². The maximum absolute atomic E-state index is 12.5. The molecule has 0 aliphatic heterocycles. The maximum atomic E-state index is 12.5. The largest absolute Gasteiger partial charge is 0.469 e. The first kappa shape index (κ1) is 16.9. The lowest BCUT2D eigenvalue weighted by atomic mass is 10.1. The molecule has 0 fully saturated rings. The second-order valence-electron chi connectivity index (χ2n) is 4.59. The summed E-state index contributed by atoms with van der Waals surface area (Å²) in [6, 6.07) is 7.53. The summed E-state index contributed by atoms with van der Waals surface area (Å²) in [4.78, 5) is 25.5. The molecule has 0 spiro atoms. The molecule has 1 atom stereocenters. The Morgan fingerprint density at radius 3 is 2.40 bits per heavy atom. The first-order chi connectivity index (χ1) is 9.49. The molecule has 0 saturated carbocycles. The number of halogens is 1. The lowest BCUT2D eigenvalue weighted by molar-refractivity contribution is -0.140. The molecule has 1 aromatic carbocycles. The molecule has 1 rings (SSSR count). The van der Waals surface area contributed by atoms with Gasteiger partial charge in [0.2, 0.25) is 0 Å². The van der Waals surface area contributed by atoms with E-state index >= 15 is 0 Å². The summed E-state index contributed by atoms with van der Waals surface area (Å²) < 4.78 is 5.72. The van der Waals surface area contributed by atoms with Crippen molar-refractivity contribution in [3.63, 3.8) is 0 Å². The fraction of sp³-hybridized carbons (Fsp3) is 0.467. The summed E-state index contributed by atoms with van der Waals surface area (Å²) in [5, 5.41) is 0. The SMILES string of the molecule is CCC(C)N(CCC(=O)OC)C(=O)c1ccc(I)cc1. The van der Waals surface area contributed by atoms with Crippen molar-refractivity contribution in [1.29, 1.82) is 0 Å². The predicted octanol–water partition coefficient (Wildman–Crippen LogP) is 3.10. The summed E-state index contributed by atoms with van der Waals surface area (Å²) in [6.45, 7) is 4.39. The number of hydrogen-bond donors (Lipinski definition) is 0. The van der Waals surface area contributed by atoms with Gasteiger partial charge in [0.1, 0.15) is 0 Å². The van der Waals surface area contributed by atoms with Crippen LogP contribution in [0, 0.1) is 3.57 Å². The van der Waals surface area contributed by atoms with Gasteiger partial charge < -0.3 is 9.64 Å². The Labute approximate surface area is 133 Å². The van der Waals surface area contributed by atoms with Crippen molar-refractivity contribution in [2.45, 2.75) is 32.7 Å². The van der Waals surface area contributed by atoms with E-state index in [4.69, 9.17) is 0 Å². The highest BCUT2D eigenvalue weighted by atomic mass is 127. The molecule has 110 valence electrons. The summed E-state index contributed by atoms with van der Waals surface area (Å²) in [6.07, 6.45) is 1.06. The number of methoxy groups -OCH3 is 1. The van der Waals surface area contributed by atoms with Gasteiger partial charge in [0.25, 0.3) is 5.91 Å². The van der Waals surface area contributed by atoms with E-state index in [1.807, 2.05) is 38.1 Å². The lowest BCUT2D eigenvalue weighted by Gasteiger charge is -2.28. The molecular weight excluding hydrogens is 369 g/mol. The third-order valence-electron chi connectivity index (χ3n) is 3.26. The fourth-order valence-corrected chi connectivity index (χ4v) is 2.17. The molecule has 1 unspecified atom stereocenters. The normalized spacial score (nSPS) is 11.8. The molecule has 0 N–H and O–H groups in total. The average Bonchev–Trinajstić information content (AvgIpc) is 2.47. The van der Waals surface area contributed by atoms with Crippen LogP contribution >= 0.6 is 22.6 Å². The van der Waals surface area contributed by atoms with E-state index in [-0.39, 0.29) is 24.3 Å². The molecule has 0 radical (unpaired) electrons. The van der Waals surface area contributed by atoms with Crippen molar-refractivity contribution < 1.29 is 14.3 Å². The molecule has 1 amide bonds. The number of carbonyl (C=O) groups is 2. The molecule has 0 heterocycles. The van der Waals surface area contributed by atoms with Crippen molar-refractivity contribution in [2.24, 2.45) is 0 Å². The number of esters is 1. The molecule has 20 heavy (non-hydrogen) atoms. The molecule has 0 aromatic heterocycles. The van der Waals surface area contributed by atoms with Gasteiger partial charge >= 0.3 is 5.97 Å². The van der Waals surface area contributed by atoms with E-state index < -0.39 is 0 Å². The zero-order chi connectivity index (χ0) is 15.1. The van der Waals surface area contributed by atoms with Crippen LogP contribution in [0.4, 0.5) is 0 Å². The minimum absolute atomic E-state index is 0.0420. The highest BCUT2D eigenvalue weighted by Crippen LogP contribution is 2.13. The van der Waals surface area contributed by atoms with Gasteiger partial charge in [0.15, 0.2) is 0 Å². The second-order valence-corrected chi connectivity index (χ2v) is 5.83. The standard InChI is InChI=1S/C15H20INO3/c1-4-11(2)17(10-9-14(18)20-3)15(19)12-5-7-13(16)8-6-12/h5-8,11H,4,9-10H2,1-3H3. The Morgan fingerprint density at radius 1 is 1.30 bits per heavy atom. The van der Waals surface area contributed by atoms with Gasteiger partial charge in [-0.3, -0.25) is 9.59 Å². The van der Waals surface area contributed by atoms with Gasteiger partial charge in [-0.05, 0) is 60.2 Å². The van der Waals surface area contributed by atoms with Crippen LogP contribution in [-0.4, -0.2) is 36.5 Å². The number of rotatable bonds is 6. The summed E-state index contributed by atoms with van der Waals surface area (Å²) in [7, 11) is 1.36. The van der Waals surface area contributed by atoms with Gasteiger partial charge in [-0.25, -0.2) is 0 Å². The monoisotopic (exact) mass is 389 g/mol. The number of carbonyl (C=O) groups excluding carboxylic acids is 2. The summed E-state index contributed by atoms with van der Waals surface area (Å²) >= 11 is 2.20. The van der Waals surface area contributed by atoms with Crippen LogP contribution < -0.4 is 0 Å². The van der Waals surface area contributed by atoms with Crippen molar-refractivity contribution >= 4 is 34.5 Å². The van der Waals surface area contributed by atoms with E-state index in [9.17, 15) is 9.59 Å². The molecule has 5 heteroatoms. The van der Waals surface area contributed by atoms with Crippen LogP contribution in [0.2, 0.25) is 0 Å². The van der Waals surface area contributed by atoms with E-state index in [1.54, 1.807) is 4.90 Å². The first-order valence-electron chi connectivity index (χ1n) is 6.63. The Kier molecular flexibility index (Phi) is 6.98. The van der Waals surface area contributed by atoms with Gasteiger partial charge in [-0.15, -0.1) is 0 Å². The highest BCUT2D eigenvalue weighted by molar-refractivity contribution is 14.1. The molecular formula is C15H20INO3. The van der Waals surface area contributed by atoms with Gasteiger partial charge in [-0.2, -0.15) is 0 Å². The van der Waals surface area contributed by atoms with Gasteiger partial charge in [0, 0.05) is 21.7 Å². The van der Waals surface area contributed by atoms with Crippen molar-refractivity contribution in [1.82, 2.24) is 4.90 Å². The van der Waals surface area contributed by atoms with Crippen LogP contribution in [0.5, 0.6) is 0 Å². The Hall–Kier alpha value is -1.11. The highest BCUT2D eigenvalue weighted by Gasteiger charge is 2.21. The smallest absolute Gasteiger partial charge is 0.307 e. The quantitative estimate of drug-likeness (QED) is 0.555. The van der Waals surface area contributed by atoms with Crippen LogP contribution in [0.15, 0.2) is 24.3 Å². The zero-order valence-corrected chi connectivity index (χ0v) is 14.2. The number of benzene rings is 1. The minimum atomic E-state index is -0.297. The van der Waals surface area contributed by atoms with Crippen LogP contribution in [0.3, 0.4) is 0 Å². The second kappa shape index (κ2) is 8.24. The Bertz CT molecular complexity index is 459. The number of nitrogens with zero attached hydrogens (tertiary/aromatic N) is 1. The minimum Gasteiger partial charge on any atom is -0.469 e. The van der Waals surface area contributed by atoms with Gasteiger partial charge in [0.05, 0.1) is 13.5 Å². The van der Waals surface area contributed by atoms with E-state index in [0.717, 1.165) is 9.99 Å². The van der Waals surface area contributed by atoms with Gasteiger partial charge in [-0.1, -0.05) is 6.92 Å².